The van der Waals surface area contributed by atoms with Gasteiger partial charge < -0.3 is 14.9 Å². The van der Waals surface area contributed by atoms with Crippen molar-refractivity contribution in [3.8, 4) is 5.75 Å². The Hall–Kier alpha value is -1.18. The zero-order valence-electron chi connectivity index (χ0n) is 11.7. The van der Waals surface area contributed by atoms with E-state index in [1.54, 1.807) is 0 Å². The highest BCUT2D eigenvalue weighted by Gasteiger charge is 2.46. The predicted molar refractivity (Wildman–Crippen MR) is 86.1 cm³/mol. The van der Waals surface area contributed by atoms with E-state index in [0.717, 1.165) is 0 Å². The molecule has 2 unspecified atom stereocenters. The Morgan fingerprint density at radius 2 is 1.86 bits per heavy atom. The van der Waals surface area contributed by atoms with Crippen molar-refractivity contribution >= 4 is 43.4 Å². The fourth-order valence-electron chi connectivity index (χ4n) is 2.73. The van der Waals surface area contributed by atoms with E-state index in [1.165, 1.54) is 12.1 Å². The molecule has 7 heteroatoms. The number of hydrogen-bond donors (Lipinski definition) is 2. The lowest BCUT2D eigenvalue weighted by Crippen LogP contribution is -2.46. The van der Waals surface area contributed by atoms with Crippen LogP contribution >= 0.6 is 31.9 Å². The number of aliphatic hydroxyl groups is 2. The summed E-state index contributed by atoms with van der Waals surface area (Å²) >= 11 is 6.33. The van der Waals surface area contributed by atoms with Crippen LogP contribution in [0.4, 0.5) is 0 Å². The van der Waals surface area contributed by atoms with Crippen molar-refractivity contribution in [2.24, 2.45) is 0 Å². The number of Topliss-reactive ketones (excluding diaryl/α,β-unsaturated/α-hetero) is 2. The number of ketones is 2. The molecule has 2 atom stereocenters. The molecular formula is C15H12Br2O5. The van der Waals surface area contributed by atoms with Crippen LogP contribution in [0.15, 0.2) is 22.4 Å². The van der Waals surface area contributed by atoms with Gasteiger partial charge in [-0.05, 0) is 41.9 Å². The number of benzene rings is 1. The number of rotatable bonds is 0. The highest BCUT2D eigenvalue weighted by molar-refractivity contribution is 9.12. The maximum absolute atomic E-state index is 12.5. The number of allylic oxidation sites excluding steroid dienone is 2. The first kappa shape index (κ1) is 15.7. The first-order valence-corrected chi connectivity index (χ1v) is 8.24. The normalized spacial score (nSPS) is 26.4. The van der Waals surface area contributed by atoms with Gasteiger partial charge in [-0.1, -0.05) is 15.9 Å². The Morgan fingerprint density at radius 1 is 1.23 bits per heavy atom. The molecule has 1 heterocycles. The fraction of sp³-hybridized carbons (Fsp3) is 0.333. The maximum Gasteiger partial charge on any atom is 0.229 e. The Balaban J connectivity index is 2.30. The molecule has 3 rings (SSSR count). The van der Waals surface area contributed by atoms with E-state index in [2.05, 4.69) is 31.9 Å². The van der Waals surface area contributed by atoms with Gasteiger partial charge in [0.1, 0.15) is 15.8 Å². The zero-order chi connectivity index (χ0) is 16.4. The van der Waals surface area contributed by atoms with Crippen LogP contribution in [0.3, 0.4) is 0 Å². The lowest BCUT2D eigenvalue weighted by Gasteiger charge is -2.41. The highest BCUT2D eigenvalue weighted by atomic mass is 79.9. The molecule has 0 spiro atoms. The van der Waals surface area contributed by atoms with Crippen LogP contribution in [0.2, 0.25) is 0 Å². The van der Waals surface area contributed by atoms with Gasteiger partial charge in [0.25, 0.3) is 0 Å². The number of fused-ring (bicyclic) bond motifs is 3. The highest BCUT2D eigenvalue weighted by Crippen LogP contribution is 2.47. The topological polar surface area (TPSA) is 83.8 Å². The van der Waals surface area contributed by atoms with E-state index in [-0.39, 0.29) is 21.2 Å². The SMILES string of the molecule is CC1(C)Oc2ccc3c(c2C(O)C1Br)C(=O)C(Br)=C(O)C3=O. The van der Waals surface area contributed by atoms with Crippen molar-refractivity contribution in [2.45, 2.75) is 30.4 Å². The minimum absolute atomic E-state index is 0.0616. The first-order valence-electron chi connectivity index (χ1n) is 6.53. The monoisotopic (exact) mass is 430 g/mol. The van der Waals surface area contributed by atoms with Gasteiger partial charge in [-0.25, -0.2) is 0 Å². The first-order chi connectivity index (χ1) is 10.2. The third-order valence-corrected chi connectivity index (χ3v) is 6.25. The minimum atomic E-state index is -1.02. The van der Waals surface area contributed by atoms with Crippen LogP contribution in [0, 0.1) is 0 Å². The summed E-state index contributed by atoms with van der Waals surface area (Å²) in [6, 6.07) is 2.97. The summed E-state index contributed by atoms with van der Waals surface area (Å²) < 4.78 is 5.64. The molecule has 0 saturated heterocycles. The zero-order valence-corrected chi connectivity index (χ0v) is 14.9. The number of alkyl halides is 1. The van der Waals surface area contributed by atoms with E-state index in [0.29, 0.717) is 5.75 Å². The Bertz CT molecular complexity index is 751. The summed E-state index contributed by atoms with van der Waals surface area (Å²) in [5.41, 5.74) is -0.287. The number of halogens is 2. The van der Waals surface area contributed by atoms with E-state index >= 15 is 0 Å². The average molecular weight is 432 g/mol. The standard InChI is InChI=1S/C15H12Br2O5/c1-15(2)14(17)12(20)8-6(22-15)4-3-5-7(8)11(19)9(16)13(21)10(5)18/h3-4,12,14,20-21H,1-2H3. The van der Waals surface area contributed by atoms with Gasteiger partial charge in [0.05, 0.1) is 10.9 Å². The molecule has 0 aromatic heterocycles. The van der Waals surface area contributed by atoms with Crippen molar-refractivity contribution < 1.29 is 24.5 Å². The summed E-state index contributed by atoms with van der Waals surface area (Å²) in [4.78, 5) is 24.2. The van der Waals surface area contributed by atoms with Gasteiger partial charge >= 0.3 is 0 Å². The van der Waals surface area contributed by atoms with Crippen molar-refractivity contribution in [1.82, 2.24) is 0 Å². The van der Waals surface area contributed by atoms with Gasteiger partial charge in [0.2, 0.25) is 11.6 Å². The number of carbonyl (C=O) groups excluding carboxylic acids is 2. The van der Waals surface area contributed by atoms with Crippen molar-refractivity contribution in [3.05, 3.63) is 39.1 Å². The minimum Gasteiger partial charge on any atom is -0.503 e. The van der Waals surface area contributed by atoms with Crippen molar-refractivity contribution in [2.75, 3.05) is 0 Å². The van der Waals surface area contributed by atoms with E-state index in [1.807, 2.05) is 13.8 Å². The second-order valence-electron chi connectivity index (χ2n) is 5.77. The molecule has 1 aromatic carbocycles. The summed E-state index contributed by atoms with van der Waals surface area (Å²) in [5.74, 6) is -1.48. The van der Waals surface area contributed by atoms with Gasteiger partial charge in [-0.15, -0.1) is 0 Å². The molecule has 0 amide bonds. The molecule has 0 fully saturated rings. The molecule has 0 bridgehead atoms. The summed E-state index contributed by atoms with van der Waals surface area (Å²) in [6.07, 6.45) is -1.02. The molecule has 2 N–H and O–H groups in total. The molecule has 1 aliphatic carbocycles. The van der Waals surface area contributed by atoms with Crippen LogP contribution in [0.1, 0.15) is 46.2 Å². The molecule has 0 saturated carbocycles. The summed E-state index contributed by atoms with van der Waals surface area (Å²) in [5, 5.41) is 20.3. The second-order valence-corrected chi connectivity index (χ2v) is 7.55. The average Bonchev–Trinajstić information content (AvgIpc) is 2.47. The third-order valence-electron chi connectivity index (χ3n) is 3.91. The number of aliphatic hydroxyl groups excluding tert-OH is 2. The largest absolute Gasteiger partial charge is 0.503 e. The molecule has 0 radical (unpaired) electrons. The maximum atomic E-state index is 12.5. The summed E-state index contributed by atoms with van der Waals surface area (Å²) in [6.45, 7) is 3.62. The lowest BCUT2D eigenvalue weighted by atomic mass is 9.82. The van der Waals surface area contributed by atoms with Gasteiger partial charge in [0, 0.05) is 16.7 Å². The smallest absolute Gasteiger partial charge is 0.229 e. The lowest BCUT2D eigenvalue weighted by molar-refractivity contribution is 0.0218. The molecule has 1 aromatic rings. The van der Waals surface area contributed by atoms with Crippen molar-refractivity contribution in [3.63, 3.8) is 0 Å². The van der Waals surface area contributed by atoms with E-state index < -0.39 is 33.9 Å². The second kappa shape index (κ2) is 4.91. The Kier molecular flexibility index (Phi) is 3.50. The molecule has 2 aliphatic rings. The third kappa shape index (κ3) is 1.99. The van der Waals surface area contributed by atoms with Gasteiger partial charge in [-0.3, -0.25) is 9.59 Å². The summed E-state index contributed by atoms with van der Waals surface area (Å²) in [7, 11) is 0. The number of hydrogen-bond acceptors (Lipinski definition) is 5. The van der Waals surface area contributed by atoms with Crippen LogP contribution in [0.25, 0.3) is 0 Å². The molecule has 5 nitrogen and oxygen atoms in total. The van der Waals surface area contributed by atoms with Crippen LogP contribution in [-0.2, 0) is 0 Å². The van der Waals surface area contributed by atoms with Gasteiger partial charge in [0.15, 0.2) is 5.76 Å². The van der Waals surface area contributed by atoms with Crippen LogP contribution in [0.5, 0.6) is 5.75 Å². The van der Waals surface area contributed by atoms with Gasteiger partial charge in [-0.2, -0.15) is 0 Å². The predicted octanol–water partition coefficient (Wildman–Crippen LogP) is 3.20. The molecule has 1 aliphatic heterocycles. The Morgan fingerprint density at radius 3 is 2.50 bits per heavy atom. The number of ether oxygens (including phenoxy) is 1. The molecular weight excluding hydrogens is 420 g/mol. The molecule has 22 heavy (non-hydrogen) atoms. The van der Waals surface area contributed by atoms with E-state index in [4.69, 9.17) is 4.74 Å². The van der Waals surface area contributed by atoms with Crippen LogP contribution < -0.4 is 4.74 Å². The van der Waals surface area contributed by atoms with Crippen LogP contribution in [-0.4, -0.2) is 32.2 Å². The fourth-order valence-corrected chi connectivity index (χ4v) is 3.46. The van der Waals surface area contributed by atoms with E-state index in [9.17, 15) is 19.8 Å². The Labute approximate surface area is 143 Å². The number of carbonyl (C=O) groups is 2. The molecule has 116 valence electrons. The van der Waals surface area contributed by atoms with Crippen molar-refractivity contribution in [1.29, 1.82) is 0 Å². The quantitative estimate of drug-likeness (QED) is 0.616.